The summed E-state index contributed by atoms with van der Waals surface area (Å²) in [5, 5.41) is 9.17. The number of aryl methyl sites for hydroxylation is 2. The first-order valence-electron chi connectivity index (χ1n) is 15.1. The minimum Gasteiger partial charge on any atom is -0.497 e. The quantitative estimate of drug-likeness (QED) is 0.164. The Balaban J connectivity index is 1.37. The predicted octanol–water partition coefficient (Wildman–Crippen LogP) is 5.54. The molecule has 0 saturated heterocycles. The van der Waals surface area contributed by atoms with Gasteiger partial charge in [0.25, 0.3) is 10.0 Å². The molecular weight excluding hydrogens is 651 g/mol. The molecular formula is C35H35N5O6S2. The average Bonchev–Trinajstić information content (AvgIpc) is 3.69. The molecule has 0 bridgehead atoms. The third kappa shape index (κ3) is 6.57. The molecule has 6 rings (SSSR count). The number of methoxy groups -OCH3 is 2. The van der Waals surface area contributed by atoms with Gasteiger partial charge in [0, 0.05) is 29.8 Å². The molecule has 0 saturated carbocycles. The van der Waals surface area contributed by atoms with Crippen LogP contribution in [0.15, 0.2) is 113 Å². The van der Waals surface area contributed by atoms with Crippen molar-refractivity contribution in [3.05, 3.63) is 131 Å². The number of hydrogen-bond acceptors (Lipinski definition) is 8. The van der Waals surface area contributed by atoms with E-state index in [1.165, 1.54) is 14.5 Å². The Labute approximate surface area is 280 Å². The number of aromatic nitrogens is 4. The first kappa shape index (κ1) is 32.9. The summed E-state index contributed by atoms with van der Waals surface area (Å²) >= 11 is 0. The molecule has 0 spiro atoms. The number of para-hydroxylation sites is 1. The highest BCUT2D eigenvalue weighted by Crippen LogP contribution is 2.30. The minimum atomic E-state index is -4.07. The smallest absolute Gasteiger partial charge is 0.268 e. The van der Waals surface area contributed by atoms with Crippen LogP contribution in [0.25, 0.3) is 10.9 Å². The molecule has 0 amide bonds. The van der Waals surface area contributed by atoms with Crippen molar-refractivity contribution in [2.24, 2.45) is 0 Å². The van der Waals surface area contributed by atoms with Crippen LogP contribution in [0.3, 0.4) is 0 Å². The zero-order chi connectivity index (χ0) is 34.1. The summed E-state index contributed by atoms with van der Waals surface area (Å²) in [6.07, 6.45) is 3.19. The lowest BCUT2D eigenvalue weighted by Gasteiger charge is -2.21. The van der Waals surface area contributed by atoms with E-state index in [4.69, 9.17) is 9.47 Å². The fourth-order valence-electron chi connectivity index (χ4n) is 5.47. The van der Waals surface area contributed by atoms with Gasteiger partial charge in [0.2, 0.25) is 10.0 Å². The molecule has 0 aliphatic carbocycles. The molecule has 0 N–H and O–H groups in total. The molecule has 0 radical (unpaired) electrons. The maximum absolute atomic E-state index is 14.2. The summed E-state index contributed by atoms with van der Waals surface area (Å²) in [5.74, 6) is 1.27. The van der Waals surface area contributed by atoms with Gasteiger partial charge in [0.1, 0.15) is 11.5 Å². The van der Waals surface area contributed by atoms with E-state index in [1.807, 2.05) is 26.0 Å². The SMILES string of the molecule is COc1ccc(Cn2cc(CN(Cc3cn(S(=O)(=O)c4ccc(C)cc4)c4ccccc34)S(=O)(=O)c3ccc(C)cc3)nn2)c(OC)c1. The van der Waals surface area contributed by atoms with Crippen LogP contribution in [0, 0.1) is 13.8 Å². The number of sulfonamides is 1. The zero-order valence-electron chi connectivity index (χ0n) is 26.9. The van der Waals surface area contributed by atoms with Crippen molar-refractivity contribution < 1.29 is 26.3 Å². The first-order chi connectivity index (χ1) is 23.0. The fraction of sp³-hybridized carbons (Fsp3) is 0.200. The summed E-state index contributed by atoms with van der Waals surface area (Å²) in [4.78, 5) is 0.245. The molecule has 2 heterocycles. The Morgan fingerprint density at radius 1 is 0.729 bits per heavy atom. The molecule has 0 aliphatic rings. The van der Waals surface area contributed by atoms with Gasteiger partial charge in [-0.25, -0.2) is 25.5 Å². The highest BCUT2D eigenvalue weighted by molar-refractivity contribution is 7.90. The van der Waals surface area contributed by atoms with Crippen LogP contribution in [-0.4, -0.2) is 54.3 Å². The maximum Gasteiger partial charge on any atom is 0.268 e. The number of hydrogen-bond donors (Lipinski definition) is 0. The van der Waals surface area contributed by atoms with Gasteiger partial charge >= 0.3 is 0 Å². The highest BCUT2D eigenvalue weighted by Gasteiger charge is 2.29. The van der Waals surface area contributed by atoms with Crippen molar-refractivity contribution in [1.82, 2.24) is 23.3 Å². The molecule has 6 aromatic rings. The lowest BCUT2D eigenvalue weighted by Crippen LogP contribution is -2.30. The summed E-state index contributed by atoms with van der Waals surface area (Å²) in [6.45, 7) is 3.87. The van der Waals surface area contributed by atoms with Crippen LogP contribution in [-0.2, 0) is 39.7 Å². The van der Waals surface area contributed by atoms with Gasteiger partial charge in [-0.2, -0.15) is 4.31 Å². The van der Waals surface area contributed by atoms with Crippen LogP contribution < -0.4 is 9.47 Å². The van der Waals surface area contributed by atoms with Crippen LogP contribution >= 0.6 is 0 Å². The van der Waals surface area contributed by atoms with Gasteiger partial charge in [-0.15, -0.1) is 5.10 Å². The lowest BCUT2D eigenvalue weighted by molar-refractivity contribution is 0.389. The van der Waals surface area contributed by atoms with E-state index in [0.717, 1.165) is 16.7 Å². The van der Waals surface area contributed by atoms with Crippen molar-refractivity contribution in [1.29, 1.82) is 0 Å². The van der Waals surface area contributed by atoms with Crippen LogP contribution in [0.4, 0.5) is 0 Å². The second-order valence-corrected chi connectivity index (χ2v) is 15.2. The van der Waals surface area contributed by atoms with Crippen molar-refractivity contribution in [3.8, 4) is 11.5 Å². The van der Waals surface area contributed by atoms with Gasteiger partial charge in [-0.1, -0.05) is 58.8 Å². The fourth-order valence-corrected chi connectivity index (χ4v) is 8.25. The number of ether oxygens (including phenoxy) is 2. The molecule has 48 heavy (non-hydrogen) atoms. The second-order valence-electron chi connectivity index (χ2n) is 11.5. The third-order valence-corrected chi connectivity index (χ3v) is 11.6. The summed E-state index contributed by atoms with van der Waals surface area (Å²) in [6, 6.07) is 25.8. The third-order valence-electron chi connectivity index (χ3n) is 8.09. The maximum atomic E-state index is 14.2. The van der Waals surface area contributed by atoms with Crippen molar-refractivity contribution in [2.45, 2.75) is 43.3 Å². The topological polar surface area (TPSA) is 126 Å². The van der Waals surface area contributed by atoms with Crippen molar-refractivity contribution in [2.75, 3.05) is 14.2 Å². The van der Waals surface area contributed by atoms with Crippen molar-refractivity contribution in [3.63, 3.8) is 0 Å². The molecule has 11 nitrogen and oxygen atoms in total. The van der Waals surface area contributed by atoms with Gasteiger partial charge in [-0.3, -0.25) is 0 Å². The normalized spacial score (nSPS) is 12.1. The Kier molecular flexibility index (Phi) is 9.10. The Hall–Kier alpha value is -4.98. The van der Waals surface area contributed by atoms with E-state index in [1.54, 1.807) is 104 Å². The Bertz CT molecular complexity index is 2300. The van der Waals surface area contributed by atoms with E-state index in [0.29, 0.717) is 40.2 Å². The van der Waals surface area contributed by atoms with Gasteiger partial charge in [-0.05, 0) is 61.9 Å². The van der Waals surface area contributed by atoms with E-state index < -0.39 is 20.0 Å². The van der Waals surface area contributed by atoms with Crippen molar-refractivity contribution >= 4 is 30.9 Å². The number of fused-ring (bicyclic) bond motifs is 1. The Morgan fingerprint density at radius 3 is 2.06 bits per heavy atom. The van der Waals surface area contributed by atoms with Crippen LogP contribution in [0.2, 0.25) is 0 Å². The predicted molar refractivity (Wildman–Crippen MR) is 182 cm³/mol. The van der Waals surface area contributed by atoms with Gasteiger partial charge < -0.3 is 9.47 Å². The first-order valence-corrected chi connectivity index (χ1v) is 18.0. The van der Waals surface area contributed by atoms with E-state index in [2.05, 4.69) is 10.3 Å². The standard InChI is InChI=1S/C35H35N5O6S2/c1-25-9-15-31(16-10-25)47(41,42)39(24-29-23-38(37-36-29)20-27-13-14-30(45-3)19-35(27)46-4)21-28-22-40(34-8-6-5-7-33(28)34)48(43,44)32-17-11-26(2)12-18-32/h5-19,22-23H,20-21,24H2,1-4H3. The van der Waals surface area contributed by atoms with Crippen LogP contribution in [0.5, 0.6) is 11.5 Å². The minimum absolute atomic E-state index is 0.111. The van der Waals surface area contributed by atoms with E-state index >= 15 is 0 Å². The second kappa shape index (κ2) is 13.3. The molecule has 0 aliphatic heterocycles. The lowest BCUT2D eigenvalue weighted by atomic mass is 10.2. The van der Waals surface area contributed by atoms with E-state index in [9.17, 15) is 16.8 Å². The molecule has 0 atom stereocenters. The zero-order valence-corrected chi connectivity index (χ0v) is 28.6. The monoisotopic (exact) mass is 685 g/mol. The van der Waals surface area contributed by atoms with E-state index in [-0.39, 0.29) is 22.9 Å². The number of benzene rings is 4. The molecule has 248 valence electrons. The highest BCUT2D eigenvalue weighted by atomic mass is 32.2. The molecule has 13 heteroatoms. The van der Waals surface area contributed by atoms with Gasteiger partial charge in [0.15, 0.2) is 0 Å². The van der Waals surface area contributed by atoms with Gasteiger partial charge in [0.05, 0.1) is 54.5 Å². The van der Waals surface area contributed by atoms with Crippen LogP contribution in [0.1, 0.15) is 27.9 Å². The summed E-state index contributed by atoms with van der Waals surface area (Å²) in [5.41, 5.74) is 4.06. The average molecular weight is 686 g/mol. The molecule has 2 aromatic heterocycles. The number of rotatable bonds is 12. The molecule has 4 aromatic carbocycles. The number of nitrogens with zero attached hydrogens (tertiary/aromatic N) is 5. The molecule has 0 fully saturated rings. The summed E-state index contributed by atoms with van der Waals surface area (Å²) in [7, 11) is -4.90. The summed E-state index contributed by atoms with van der Waals surface area (Å²) < 4.78 is 71.0. The molecule has 0 unspecified atom stereocenters. The largest absolute Gasteiger partial charge is 0.497 e. The Morgan fingerprint density at radius 2 is 1.40 bits per heavy atom.